The van der Waals surface area contributed by atoms with Crippen molar-refractivity contribution >= 4 is 17.5 Å². The van der Waals surface area contributed by atoms with Gasteiger partial charge in [0.15, 0.2) is 6.10 Å². The number of nitrogens with zero attached hydrogens (tertiary/aromatic N) is 1. The Kier molecular flexibility index (Phi) is 7.38. The second-order valence-corrected chi connectivity index (χ2v) is 7.36. The maximum Gasteiger partial charge on any atom is 0.265 e. The average Bonchev–Trinajstić information content (AvgIpc) is 2.79. The highest BCUT2D eigenvalue weighted by molar-refractivity contribution is 6.04. The summed E-state index contributed by atoms with van der Waals surface area (Å²) in [5.41, 5.74) is 3.75. The zero-order valence-corrected chi connectivity index (χ0v) is 18.0. The molecule has 0 spiro atoms. The molecule has 3 rings (SSSR count). The Morgan fingerprint density at radius 2 is 1.87 bits per heavy atom. The highest BCUT2D eigenvalue weighted by Gasteiger charge is 2.21. The topological polar surface area (TPSA) is 80.3 Å². The van der Waals surface area contributed by atoms with Crippen molar-refractivity contribution in [2.45, 2.75) is 39.8 Å². The molecule has 0 aliphatic heterocycles. The van der Waals surface area contributed by atoms with Crippen LogP contribution in [0.3, 0.4) is 0 Å². The van der Waals surface area contributed by atoms with Crippen LogP contribution in [-0.2, 0) is 11.3 Å². The molecule has 1 heterocycles. The number of nitrogens with one attached hydrogen (secondary N) is 2. The Morgan fingerprint density at radius 3 is 2.61 bits per heavy atom. The summed E-state index contributed by atoms with van der Waals surface area (Å²) in [4.78, 5) is 29.7. The van der Waals surface area contributed by atoms with Gasteiger partial charge < -0.3 is 15.4 Å². The molecule has 0 saturated carbocycles. The minimum Gasteiger partial charge on any atom is -0.480 e. The molecule has 0 aliphatic carbocycles. The summed E-state index contributed by atoms with van der Waals surface area (Å²) in [5.74, 6) is 0.115. The van der Waals surface area contributed by atoms with Crippen LogP contribution in [0, 0.1) is 13.8 Å². The number of hydrogen-bond acceptors (Lipinski definition) is 4. The number of anilines is 1. The molecule has 0 radical (unpaired) electrons. The molecule has 2 aromatic carbocycles. The number of hydrogen-bond donors (Lipinski definition) is 2. The minimum absolute atomic E-state index is 0.275. The fourth-order valence-corrected chi connectivity index (χ4v) is 3.09. The first-order chi connectivity index (χ1) is 15.0. The van der Waals surface area contributed by atoms with Crippen molar-refractivity contribution in [2.75, 3.05) is 5.32 Å². The van der Waals surface area contributed by atoms with Crippen molar-refractivity contribution in [3.63, 3.8) is 0 Å². The molecule has 0 unspecified atom stereocenters. The summed E-state index contributed by atoms with van der Waals surface area (Å²) < 4.78 is 6.00. The highest BCUT2D eigenvalue weighted by atomic mass is 16.5. The fourth-order valence-electron chi connectivity index (χ4n) is 3.09. The molecule has 0 saturated heterocycles. The van der Waals surface area contributed by atoms with E-state index in [-0.39, 0.29) is 11.8 Å². The van der Waals surface area contributed by atoms with Crippen LogP contribution >= 0.6 is 0 Å². The van der Waals surface area contributed by atoms with Gasteiger partial charge in [0, 0.05) is 18.9 Å². The van der Waals surface area contributed by atoms with Crippen LogP contribution in [0.15, 0.2) is 67.0 Å². The van der Waals surface area contributed by atoms with Crippen LogP contribution in [0.5, 0.6) is 5.75 Å². The maximum absolute atomic E-state index is 12.9. The lowest BCUT2D eigenvalue weighted by molar-refractivity contribution is -0.122. The highest BCUT2D eigenvalue weighted by Crippen LogP contribution is 2.22. The Morgan fingerprint density at radius 1 is 1.06 bits per heavy atom. The van der Waals surface area contributed by atoms with Crippen LogP contribution in [0.25, 0.3) is 0 Å². The van der Waals surface area contributed by atoms with Crippen LogP contribution in [0.2, 0.25) is 0 Å². The molecule has 31 heavy (non-hydrogen) atoms. The number of amides is 2. The summed E-state index contributed by atoms with van der Waals surface area (Å²) in [7, 11) is 0. The van der Waals surface area contributed by atoms with E-state index >= 15 is 0 Å². The van der Waals surface area contributed by atoms with Gasteiger partial charge in [-0.3, -0.25) is 14.6 Å². The van der Waals surface area contributed by atoms with Gasteiger partial charge in [-0.2, -0.15) is 0 Å². The second kappa shape index (κ2) is 10.4. The molecule has 1 aromatic heterocycles. The van der Waals surface area contributed by atoms with Crippen LogP contribution < -0.4 is 15.4 Å². The van der Waals surface area contributed by atoms with Gasteiger partial charge in [-0.15, -0.1) is 0 Å². The molecule has 1 atom stereocenters. The van der Waals surface area contributed by atoms with E-state index in [1.54, 1.807) is 36.7 Å². The van der Waals surface area contributed by atoms with E-state index in [9.17, 15) is 9.59 Å². The van der Waals surface area contributed by atoms with Gasteiger partial charge in [-0.25, -0.2) is 0 Å². The number of aromatic nitrogens is 1. The van der Waals surface area contributed by atoms with Crippen LogP contribution in [0.4, 0.5) is 5.69 Å². The van der Waals surface area contributed by atoms with Gasteiger partial charge in [-0.1, -0.05) is 37.3 Å². The molecule has 6 nitrogen and oxygen atoms in total. The molecule has 160 valence electrons. The lowest BCUT2D eigenvalue weighted by Gasteiger charge is -2.20. The zero-order chi connectivity index (χ0) is 22.2. The van der Waals surface area contributed by atoms with Crippen molar-refractivity contribution in [1.82, 2.24) is 10.3 Å². The molecule has 3 aromatic rings. The maximum atomic E-state index is 12.9. The number of para-hydroxylation sites is 1. The SMILES string of the molecule is CC[C@H](Oc1cc(C)ccc1C)C(=O)Nc1ccccc1C(=O)NCc1cccnc1. The normalized spacial score (nSPS) is 11.5. The molecule has 0 bridgehead atoms. The molecule has 2 N–H and O–H groups in total. The second-order valence-electron chi connectivity index (χ2n) is 7.36. The van der Waals surface area contributed by atoms with Crippen molar-refractivity contribution in [3.8, 4) is 5.75 Å². The third kappa shape index (κ3) is 5.92. The standard InChI is InChI=1S/C25H27N3O3/c1-4-22(31-23-14-17(2)11-12-18(23)3)25(30)28-21-10-6-5-9-20(21)24(29)27-16-19-8-7-13-26-15-19/h5-15,22H,4,16H2,1-3H3,(H,27,29)(H,28,30)/t22-/m0/s1. The largest absolute Gasteiger partial charge is 0.480 e. The van der Waals surface area contributed by atoms with Crippen molar-refractivity contribution in [3.05, 3.63) is 89.2 Å². The Balaban J connectivity index is 1.70. The number of rotatable bonds is 8. The van der Waals surface area contributed by atoms with E-state index in [0.29, 0.717) is 30.0 Å². The van der Waals surface area contributed by atoms with E-state index in [1.165, 1.54) is 0 Å². The van der Waals surface area contributed by atoms with E-state index in [1.807, 2.05) is 51.1 Å². The Labute approximate surface area is 182 Å². The predicted molar refractivity (Wildman–Crippen MR) is 121 cm³/mol. The van der Waals surface area contributed by atoms with E-state index in [4.69, 9.17) is 4.74 Å². The summed E-state index contributed by atoms with van der Waals surface area (Å²) in [6, 6.07) is 16.5. The number of pyridine rings is 1. The van der Waals surface area contributed by atoms with E-state index in [2.05, 4.69) is 15.6 Å². The van der Waals surface area contributed by atoms with E-state index < -0.39 is 6.10 Å². The van der Waals surface area contributed by atoms with Crippen molar-refractivity contribution in [2.24, 2.45) is 0 Å². The summed E-state index contributed by atoms with van der Waals surface area (Å²) in [5, 5.41) is 5.72. The number of carbonyl (C=O) groups is 2. The molecule has 0 aliphatic rings. The Hall–Kier alpha value is -3.67. The first kappa shape index (κ1) is 22.0. The first-order valence-electron chi connectivity index (χ1n) is 10.3. The molecular formula is C25H27N3O3. The Bertz CT molecular complexity index is 1050. The predicted octanol–water partition coefficient (Wildman–Crippen LogP) is 4.42. The fraction of sp³-hybridized carbons (Fsp3) is 0.240. The lowest BCUT2D eigenvalue weighted by Crippen LogP contribution is -2.33. The zero-order valence-electron chi connectivity index (χ0n) is 18.0. The van der Waals surface area contributed by atoms with Crippen LogP contribution in [-0.4, -0.2) is 22.9 Å². The monoisotopic (exact) mass is 417 g/mol. The lowest BCUT2D eigenvalue weighted by atomic mass is 10.1. The van der Waals surface area contributed by atoms with Gasteiger partial charge in [0.1, 0.15) is 5.75 Å². The van der Waals surface area contributed by atoms with Crippen LogP contribution in [0.1, 0.15) is 40.4 Å². The number of carbonyl (C=O) groups excluding carboxylic acids is 2. The average molecular weight is 418 g/mol. The molecular weight excluding hydrogens is 390 g/mol. The third-order valence-electron chi connectivity index (χ3n) is 4.88. The van der Waals surface area contributed by atoms with E-state index in [0.717, 1.165) is 16.7 Å². The summed E-state index contributed by atoms with van der Waals surface area (Å²) in [6.07, 6.45) is 3.20. The van der Waals surface area contributed by atoms with Gasteiger partial charge in [0.05, 0.1) is 11.3 Å². The smallest absolute Gasteiger partial charge is 0.265 e. The third-order valence-corrected chi connectivity index (χ3v) is 4.88. The van der Waals surface area contributed by atoms with Crippen molar-refractivity contribution < 1.29 is 14.3 Å². The van der Waals surface area contributed by atoms with Gasteiger partial charge in [0.2, 0.25) is 0 Å². The summed E-state index contributed by atoms with van der Waals surface area (Å²) in [6.45, 7) is 6.17. The number of benzene rings is 2. The number of aryl methyl sites for hydroxylation is 2. The molecule has 2 amide bonds. The number of ether oxygens (including phenoxy) is 1. The quantitative estimate of drug-likeness (QED) is 0.568. The van der Waals surface area contributed by atoms with Crippen molar-refractivity contribution in [1.29, 1.82) is 0 Å². The minimum atomic E-state index is -0.674. The summed E-state index contributed by atoms with van der Waals surface area (Å²) >= 11 is 0. The van der Waals surface area contributed by atoms with Gasteiger partial charge >= 0.3 is 0 Å². The molecule has 6 heteroatoms. The van der Waals surface area contributed by atoms with Gasteiger partial charge in [-0.05, 0) is 61.2 Å². The van der Waals surface area contributed by atoms with Gasteiger partial charge in [0.25, 0.3) is 11.8 Å². The molecule has 0 fully saturated rings. The first-order valence-corrected chi connectivity index (χ1v) is 10.3.